The Morgan fingerprint density at radius 2 is 1.89 bits per heavy atom. The lowest BCUT2D eigenvalue weighted by atomic mass is 10.2. The number of rotatable bonds is 3. The molecule has 0 saturated heterocycles. The summed E-state index contributed by atoms with van der Waals surface area (Å²) < 4.78 is 43.4. The first kappa shape index (κ1) is 13.3. The molecule has 0 saturated carbocycles. The lowest BCUT2D eigenvalue weighted by Gasteiger charge is -2.12. The standard InChI is InChI=1S/C12H10F3N3O/c13-12(14,15)9-3-1-2-4-10(9)19-11-7-17-6-8(5-16)18-11/h1-4,6-7H,5,16H2. The van der Waals surface area contributed by atoms with Crippen LogP contribution in [0.3, 0.4) is 0 Å². The molecule has 0 aliphatic carbocycles. The molecular weight excluding hydrogens is 259 g/mol. The average Bonchev–Trinajstić information content (AvgIpc) is 2.38. The molecule has 0 atom stereocenters. The number of aromatic nitrogens is 2. The summed E-state index contributed by atoms with van der Waals surface area (Å²) in [5.41, 5.74) is 4.94. The van der Waals surface area contributed by atoms with Crippen LogP contribution in [-0.4, -0.2) is 9.97 Å². The third-order valence-electron chi connectivity index (χ3n) is 2.28. The number of hydrogen-bond acceptors (Lipinski definition) is 4. The molecule has 2 aromatic rings. The Morgan fingerprint density at radius 1 is 1.16 bits per heavy atom. The smallest absolute Gasteiger partial charge is 0.419 e. The van der Waals surface area contributed by atoms with Crippen molar-refractivity contribution in [1.29, 1.82) is 0 Å². The van der Waals surface area contributed by atoms with E-state index in [4.69, 9.17) is 10.5 Å². The Balaban J connectivity index is 2.33. The zero-order valence-electron chi connectivity index (χ0n) is 9.69. The van der Waals surface area contributed by atoms with Gasteiger partial charge < -0.3 is 10.5 Å². The fraction of sp³-hybridized carbons (Fsp3) is 0.167. The molecule has 7 heteroatoms. The van der Waals surface area contributed by atoms with E-state index in [1.54, 1.807) is 0 Å². The van der Waals surface area contributed by atoms with E-state index in [1.165, 1.54) is 30.6 Å². The minimum atomic E-state index is -4.49. The molecule has 1 heterocycles. The average molecular weight is 269 g/mol. The van der Waals surface area contributed by atoms with Crippen molar-refractivity contribution < 1.29 is 17.9 Å². The molecule has 1 aromatic heterocycles. The molecule has 0 radical (unpaired) electrons. The van der Waals surface area contributed by atoms with Crippen LogP contribution in [0.25, 0.3) is 0 Å². The van der Waals surface area contributed by atoms with Gasteiger partial charge >= 0.3 is 6.18 Å². The molecule has 2 N–H and O–H groups in total. The lowest BCUT2D eigenvalue weighted by Crippen LogP contribution is -2.07. The van der Waals surface area contributed by atoms with Crippen molar-refractivity contribution in [1.82, 2.24) is 9.97 Å². The summed E-state index contributed by atoms with van der Waals surface area (Å²) in [6.45, 7) is 0.130. The number of nitrogens with zero attached hydrogens (tertiary/aromatic N) is 2. The van der Waals surface area contributed by atoms with Gasteiger partial charge in [-0.05, 0) is 12.1 Å². The molecule has 19 heavy (non-hydrogen) atoms. The van der Waals surface area contributed by atoms with Crippen LogP contribution in [-0.2, 0) is 12.7 Å². The second kappa shape index (κ2) is 5.23. The zero-order chi connectivity index (χ0) is 13.9. The molecule has 1 aromatic carbocycles. The van der Waals surface area contributed by atoms with Crippen LogP contribution >= 0.6 is 0 Å². The Labute approximate surface area is 107 Å². The van der Waals surface area contributed by atoms with Crippen molar-refractivity contribution in [3.8, 4) is 11.6 Å². The van der Waals surface area contributed by atoms with Crippen LogP contribution in [0.4, 0.5) is 13.2 Å². The van der Waals surface area contributed by atoms with Gasteiger partial charge in [0.15, 0.2) is 0 Å². The molecule has 0 bridgehead atoms. The van der Waals surface area contributed by atoms with Crippen LogP contribution in [0.2, 0.25) is 0 Å². The van der Waals surface area contributed by atoms with Crippen LogP contribution in [0.5, 0.6) is 11.6 Å². The van der Waals surface area contributed by atoms with Crippen molar-refractivity contribution in [2.75, 3.05) is 0 Å². The molecule has 0 aliphatic rings. The maximum atomic E-state index is 12.8. The molecular formula is C12H10F3N3O. The van der Waals surface area contributed by atoms with E-state index < -0.39 is 11.7 Å². The van der Waals surface area contributed by atoms with Crippen LogP contribution in [0.1, 0.15) is 11.3 Å². The van der Waals surface area contributed by atoms with Gasteiger partial charge in [0.25, 0.3) is 0 Å². The van der Waals surface area contributed by atoms with E-state index in [9.17, 15) is 13.2 Å². The SMILES string of the molecule is NCc1cncc(Oc2ccccc2C(F)(F)F)n1. The Bertz CT molecular complexity index is 572. The predicted octanol–water partition coefficient (Wildman–Crippen LogP) is 2.75. The number of nitrogens with two attached hydrogens (primary N) is 1. The second-order valence-electron chi connectivity index (χ2n) is 3.65. The van der Waals surface area contributed by atoms with Gasteiger partial charge in [0.2, 0.25) is 5.88 Å². The monoisotopic (exact) mass is 269 g/mol. The van der Waals surface area contributed by atoms with E-state index >= 15 is 0 Å². The molecule has 0 unspecified atom stereocenters. The highest BCUT2D eigenvalue weighted by atomic mass is 19.4. The molecule has 0 aliphatic heterocycles. The highest BCUT2D eigenvalue weighted by molar-refractivity contribution is 5.37. The summed E-state index contributed by atoms with van der Waals surface area (Å²) in [5.74, 6) is -0.349. The Kier molecular flexibility index (Phi) is 3.66. The Morgan fingerprint density at radius 3 is 2.58 bits per heavy atom. The lowest BCUT2D eigenvalue weighted by molar-refractivity contribution is -0.138. The largest absolute Gasteiger partial charge is 0.437 e. The van der Waals surface area contributed by atoms with E-state index in [1.807, 2.05) is 0 Å². The van der Waals surface area contributed by atoms with Gasteiger partial charge in [0.05, 0.1) is 17.5 Å². The predicted molar refractivity (Wildman–Crippen MR) is 61.4 cm³/mol. The molecule has 2 rings (SSSR count). The summed E-state index contributed by atoms with van der Waals surface area (Å²) in [4.78, 5) is 7.73. The fourth-order valence-electron chi connectivity index (χ4n) is 1.44. The first-order valence-corrected chi connectivity index (χ1v) is 5.36. The summed E-state index contributed by atoms with van der Waals surface area (Å²) >= 11 is 0. The molecule has 0 spiro atoms. The second-order valence-corrected chi connectivity index (χ2v) is 3.65. The van der Waals surface area contributed by atoms with Gasteiger partial charge in [-0.1, -0.05) is 12.1 Å². The highest BCUT2D eigenvalue weighted by Crippen LogP contribution is 2.37. The normalized spacial score (nSPS) is 11.4. The van der Waals surface area contributed by atoms with E-state index in [-0.39, 0.29) is 18.2 Å². The summed E-state index contributed by atoms with van der Waals surface area (Å²) in [6.07, 6.45) is -1.84. The first-order valence-electron chi connectivity index (χ1n) is 5.36. The van der Waals surface area contributed by atoms with Gasteiger partial charge in [-0.3, -0.25) is 4.98 Å². The van der Waals surface area contributed by atoms with Crippen LogP contribution in [0.15, 0.2) is 36.7 Å². The van der Waals surface area contributed by atoms with Crippen molar-refractivity contribution in [2.45, 2.75) is 12.7 Å². The van der Waals surface area contributed by atoms with Gasteiger partial charge in [-0.25, -0.2) is 4.98 Å². The summed E-state index contributed by atoms with van der Waals surface area (Å²) in [6, 6.07) is 4.90. The van der Waals surface area contributed by atoms with Crippen molar-refractivity contribution in [2.24, 2.45) is 5.73 Å². The highest BCUT2D eigenvalue weighted by Gasteiger charge is 2.34. The first-order chi connectivity index (χ1) is 9.00. The summed E-state index contributed by atoms with van der Waals surface area (Å²) in [7, 11) is 0. The van der Waals surface area contributed by atoms with Gasteiger partial charge in [0.1, 0.15) is 5.75 Å². The van der Waals surface area contributed by atoms with Gasteiger partial charge in [-0.2, -0.15) is 13.2 Å². The maximum Gasteiger partial charge on any atom is 0.419 e. The van der Waals surface area contributed by atoms with E-state index in [0.717, 1.165) is 6.07 Å². The number of hydrogen-bond donors (Lipinski definition) is 1. The minimum absolute atomic E-state index is 0.0281. The van der Waals surface area contributed by atoms with Gasteiger partial charge in [-0.15, -0.1) is 0 Å². The topological polar surface area (TPSA) is 61.0 Å². The van der Waals surface area contributed by atoms with E-state index in [0.29, 0.717) is 5.69 Å². The minimum Gasteiger partial charge on any atom is -0.437 e. The fourth-order valence-corrected chi connectivity index (χ4v) is 1.44. The van der Waals surface area contributed by atoms with Gasteiger partial charge in [0, 0.05) is 12.7 Å². The molecule has 4 nitrogen and oxygen atoms in total. The maximum absolute atomic E-state index is 12.8. The summed E-state index contributed by atoms with van der Waals surface area (Å²) in [5, 5.41) is 0. The number of ether oxygens (including phenoxy) is 1. The number of benzene rings is 1. The van der Waals surface area contributed by atoms with E-state index in [2.05, 4.69) is 9.97 Å². The Hall–Kier alpha value is -2.15. The number of para-hydroxylation sites is 1. The molecule has 100 valence electrons. The molecule has 0 fully saturated rings. The third kappa shape index (κ3) is 3.19. The number of alkyl halides is 3. The van der Waals surface area contributed by atoms with Crippen molar-refractivity contribution in [3.05, 3.63) is 47.9 Å². The van der Waals surface area contributed by atoms with Crippen molar-refractivity contribution >= 4 is 0 Å². The van der Waals surface area contributed by atoms with Crippen LogP contribution in [0, 0.1) is 0 Å². The molecule has 0 amide bonds. The van der Waals surface area contributed by atoms with Crippen molar-refractivity contribution in [3.63, 3.8) is 0 Å². The zero-order valence-corrected chi connectivity index (χ0v) is 9.69. The third-order valence-corrected chi connectivity index (χ3v) is 2.28. The van der Waals surface area contributed by atoms with Crippen LogP contribution < -0.4 is 10.5 Å². The number of halogens is 3. The quantitative estimate of drug-likeness (QED) is 0.930.